The number of epoxide rings is 1. The SMILES string of the molecule is CC/C=C\C/C=C\C/C=C\C/C=C\C/C=C\CCCC1OC1Nc1cc(OC)c(C(=O)NCCN(CC)CC)cc1Cl. The molecule has 1 heterocycles. The van der Waals surface area contributed by atoms with Crippen LogP contribution in [-0.2, 0) is 4.74 Å². The number of allylic oxidation sites excluding steroid dienone is 10. The van der Waals surface area contributed by atoms with Crippen molar-refractivity contribution in [1.82, 2.24) is 10.2 Å². The summed E-state index contributed by atoms with van der Waals surface area (Å²) in [6.45, 7) is 9.66. The number of benzene rings is 1. The molecule has 2 atom stereocenters. The third kappa shape index (κ3) is 14.4. The molecule has 0 aliphatic carbocycles. The standard InChI is InChI=1S/C35H52ClN3O3/c1-5-8-9-10-11-12-13-14-15-16-17-18-19-20-21-22-23-24-32-35(42-32)38-31-28-33(41-4)29(27-30(31)36)34(40)37-25-26-39(6-2)7-3/h8-9,11-12,14-15,17-18,20-21,27-28,32,35,38H,5-7,10,13,16,19,22-26H2,1-4H3,(H,37,40)/b9-8-,12-11-,15-14-,18-17-,21-20-. The zero-order valence-electron chi connectivity index (χ0n) is 26.1. The minimum absolute atomic E-state index is 0.0747. The van der Waals surface area contributed by atoms with Gasteiger partial charge in [0.05, 0.1) is 23.4 Å². The van der Waals surface area contributed by atoms with Gasteiger partial charge in [-0.1, -0.05) is 93.1 Å². The van der Waals surface area contributed by atoms with E-state index in [1.54, 1.807) is 19.2 Å². The van der Waals surface area contributed by atoms with E-state index in [0.717, 1.165) is 71.0 Å². The molecule has 1 aromatic rings. The monoisotopic (exact) mass is 597 g/mol. The van der Waals surface area contributed by atoms with Crippen LogP contribution < -0.4 is 15.4 Å². The second-order valence-electron chi connectivity index (χ2n) is 10.2. The number of halogens is 1. The van der Waals surface area contributed by atoms with Crippen molar-refractivity contribution >= 4 is 23.2 Å². The Morgan fingerprint density at radius 3 is 2.10 bits per heavy atom. The lowest BCUT2D eigenvalue weighted by Gasteiger charge is -2.18. The van der Waals surface area contributed by atoms with Crippen LogP contribution in [0.25, 0.3) is 0 Å². The van der Waals surface area contributed by atoms with Crippen molar-refractivity contribution < 1.29 is 14.3 Å². The fraction of sp³-hybridized carbons (Fsp3) is 0.514. The second-order valence-corrected chi connectivity index (χ2v) is 10.6. The molecule has 6 nitrogen and oxygen atoms in total. The molecule has 2 unspecified atom stereocenters. The van der Waals surface area contributed by atoms with Crippen LogP contribution in [0.15, 0.2) is 72.9 Å². The van der Waals surface area contributed by atoms with E-state index >= 15 is 0 Å². The number of rotatable bonds is 22. The lowest BCUT2D eigenvalue weighted by atomic mass is 10.1. The Labute approximate surface area is 259 Å². The summed E-state index contributed by atoms with van der Waals surface area (Å²) in [6.07, 6.45) is 30.4. The highest BCUT2D eigenvalue weighted by Crippen LogP contribution is 2.35. The Morgan fingerprint density at radius 2 is 1.52 bits per heavy atom. The molecule has 1 saturated heterocycles. The van der Waals surface area contributed by atoms with E-state index in [2.05, 4.69) is 97.1 Å². The van der Waals surface area contributed by atoms with Crippen LogP contribution in [0.2, 0.25) is 5.02 Å². The third-order valence-electron chi connectivity index (χ3n) is 7.04. The smallest absolute Gasteiger partial charge is 0.255 e. The van der Waals surface area contributed by atoms with Crippen LogP contribution in [0.5, 0.6) is 5.75 Å². The highest BCUT2D eigenvalue weighted by atomic mass is 35.5. The summed E-state index contributed by atoms with van der Waals surface area (Å²) in [7, 11) is 1.56. The van der Waals surface area contributed by atoms with Gasteiger partial charge in [-0.15, -0.1) is 0 Å². The average Bonchev–Trinajstić information content (AvgIpc) is 3.74. The van der Waals surface area contributed by atoms with Crippen molar-refractivity contribution in [3.8, 4) is 5.75 Å². The third-order valence-corrected chi connectivity index (χ3v) is 7.35. The molecule has 1 aliphatic heterocycles. The van der Waals surface area contributed by atoms with Gasteiger partial charge in [0.2, 0.25) is 0 Å². The average molecular weight is 598 g/mol. The molecule has 2 rings (SSSR count). The lowest BCUT2D eigenvalue weighted by molar-refractivity contribution is 0.0946. The number of carbonyl (C=O) groups is 1. The lowest BCUT2D eigenvalue weighted by Crippen LogP contribution is -2.34. The van der Waals surface area contributed by atoms with E-state index in [0.29, 0.717) is 28.6 Å². The van der Waals surface area contributed by atoms with E-state index < -0.39 is 0 Å². The maximum atomic E-state index is 12.7. The maximum absolute atomic E-state index is 12.7. The van der Waals surface area contributed by atoms with Gasteiger partial charge in [-0.3, -0.25) is 4.79 Å². The van der Waals surface area contributed by atoms with Crippen LogP contribution >= 0.6 is 11.6 Å². The van der Waals surface area contributed by atoms with Crippen molar-refractivity contribution in [2.24, 2.45) is 0 Å². The number of hydrogen-bond acceptors (Lipinski definition) is 5. The van der Waals surface area contributed by atoms with Crippen molar-refractivity contribution in [2.45, 2.75) is 84.5 Å². The number of anilines is 1. The molecule has 42 heavy (non-hydrogen) atoms. The number of carbonyl (C=O) groups excluding carboxylic acids is 1. The number of likely N-dealkylation sites (N-methyl/N-ethyl adjacent to an activating group) is 1. The first-order chi connectivity index (χ1) is 20.5. The van der Waals surface area contributed by atoms with Gasteiger partial charge in [0.1, 0.15) is 11.9 Å². The summed E-state index contributed by atoms with van der Waals surface area (Å²) in [4.78, 5) is 15.0. The molecule has 0 bridgehead atoms. The first-order valence-corrected chi connectivity index (χ1v) is 16.0. The maximum Gasteiger partial charge on any atom is 0.255 e. The Bertz CT molecular complexity index is 1060. The Kier molecular flexibility index (Phi) is 18.4. The molecular weight excluding hydrogens is 546 g/mol. The quantitative estimate of drug-likeness (QED) is 0.0797. The zero-order chi connectivity index (χ0) is 30.4. The van der Waals surface area contributed by atoms with Crippen LogP contribution in [0.4, 0.5) is 5.69 Å². The molecule has 1 aromatic carbocycles. The number of hydrogen-bond donors (Lipinski definition) is 2. The molecule has 0 saturated carbocycles. The fourth-order valence-corrected chi connectivity index (χ4v) is 4.64. The van der Waals surface area contributed by atoms with Gasteiger partial charge in [-0.05, 0) is 70.5 Å². The van der Waals surface area contributed by atoms with E-state index in [4.69, 9.17) is 21.1 Å². The van der Waals surface area contributed by atoms with Gasteiger partial charge in [-0.25, -0.2) is 0 Å². The molecule has 0 radical (unpaired) electrons. The van der Waals surface area contributed by atoms with Crippen molar-refractivity contribution in [3.63, 3.8) is 0 Å². The molecular formula is C35H52ClN3O3. The molecule has 1 fully saturated rings. The zero-order valence-corrected chi connectivity index (χ0v) is 26.9. The number of methoxy groups -OCH3 is 1. The number of unbranched alkanes of at least 4 members (excludes halogenated alkanes) is 1. The van der Waals surface area contributed by atoms with Crippen LogP contribution in [-0.4, -0.2) is 56.4 Å². The number of nitrogens with zero attached hydrogens (tertiary/aromatic N) is 1. The van der Waals surface area contributed by atoms with Gasteiger partial charge in [-0.2, -0.15) is 0 Å². The normalized spacial score (nSPS) is 17.1. The van der Waals surface area contributed by atoms with Crippen LogP contribution in [0.3, 0.4) is 0 Å². The Hall–Kier alpha value is -2.80. The topological polar surface area (TPSA) is 66.1 Å². The summed E-state index contributed by atoms with van der Waals surface area (Å²) in [5.41, 5.74) is 1.14. The summed E-state index contributed by atoms with van der Waals surface area (Å²) in [6, 6.07) is 3.44. The second kappa shape index (κ2) is 21.8. The molecule has 0 spiro atoms. The first-order valence-electron chi connectivity index (χ1n) is 15.6. The summed E-state index contributed by atoms with van der Waals surface area (Å²) >= 11 is 6.52. The highest BCUT2D eigenvalue weighted by molar-refractivity contribution is 6.33. The number of ether oxygens (including phenoxy) is 2. The molecule has 7 heteroatoms. The molecule has 1 aliphatic rings. The number of amides is 1. The van der Waals surface area contributed by atoms with Crippen molar-refractivity contribution in [3.05, 3.63) is 83.5 Å². The number of nitrogens with one attached hydrogen (secondary N) is 2. The van der Waals surface area contributed by atoms with E-state index in [1.807, 2.05) is 0 Å². The predicted molar refractivity (Wildman–Crippen MR) is 179 cm³/mol. The minimum atomic E-state index is -0.192. The molecule has 2 N–H and O–H groups in total. The van der Waals surface area contributed by atoms with Crippen LogP contribution in [0, 0.1) is 0 Å². The van der Waals surface area contributed by atoms with E-state index in [1.165, 1.54) is 0 Å². The molecule has 0 aromatic heterocycles. The van der Waals surface area contributed by atoms with Crippen molar-refractivity contribution in [1.29, 1.82) is 0 Å². The van der Waals surface area contributed by atoms with E-state index in [9.17, 15) is 4.79 Å². The van der Waals surface area contributed by atoms with Crippen molar-refractivity contribution in [2.75, 3.05) is 38.6 Å². The first kappa shape index (κ1) is 35.4. The molecule has 232 valence electrons. The predicted octanol–water partition coefficient (Wildman–Crippen LogP) is 8.48. The summed E-state index contributed by atoms with van der Waals surface area (Å²) in [5.74, 6) is 0.292. The highest BCUT2D eigenvalue weighted by Gasteiger charge is 2.38. The van der Waals surface area contributed by atoms with Gasteiger partial charge in [0.15, 0.2) is 6.23 Å². The Morgan fingerprint density at radius 1 is 0.929 bits per heavy atom. The van der Waals surface area contributed by atoms with E-state index in [-0.39, 0.29) is 18.2 Å². The summed E-state index contributed by atoms with van der Waals surface area (Å²) in [5, 5.41) is 6.78. The summed E-state index contributed by atoms with van der Waals surface area (Å²) < 4.78 is 11.3. The van der Waals surface area contributed by atoms with Crippen LogP contribution in [0.1, 0.15) is 82.5 Å². The largest absolute Gasteiger partial charge is 0.496 e. The van der Waals surface area contributed by atoms with Gasteiger partial charge < -0.3 is 25.0 Å². The van der Waals surface area contributed by atoms with Gasteiger partial charge in [0, 0.05) is 19.2 Å². The minimum Gasteiger partial charge on any atom is -0.496 e. The van der Waals surface area contributed by atoms with Gasteiger partial charge in [0.25, 0.3) is 5.91 Å². The molecule has 1 amide bonds. The van der Waals surface area contributed by atoms with Gasteiger partial charge >= 0.3 is 0 Å². The fourth-order valence-electron chi connectivity index (χ4n) is 4.42. The Balaban J connectivity index is 1.62.